The molecule has 1 fully saturated rings. The molecule has 1 aliphatic carbocycles. The highest BCUT2D eigenvalue weighted by atomic mass is 32.2. The molecule has 2 rings (SSSR count). The SMILES string of the molecule is CCc1cc(S(=O)(=O)NC2CCCC2)ccc1OC. The Bertz CT molecular complexity index is 534. The summed E-state index contributed by atoms with van der Waals surface area (Å²) < 4.78 is 32.6. The molecule has 1 saturated carbocycles. The summed E-state index contributed by atoms with van der Waals surface area (Å²) in [6, 6.07) is 5.13. The van der Waals surface area contributed by atoms with Crippen molar-refractivity contribution in [2.24, 2.45) is 0 Å². The molecule has 0 heterocycles. The number of sulfonamides is 1. The number of benzene rings is 1. The maximum absolute atomic E-state index is 12.3. The highest BCUT2D eigenvalue weighted by Crippen LogP contribution is 2.24. The minimum Gasteiger partial charge on any atom is -0.496 e. The van der Waals surface area contributed by atoms with Crippen LogP contribution < -0.4 is 9.46 Å². The zero-order valence-corrected chi connectivity index (χ0v) is 12.3. The van der Waals surface area contributed by atoms with E-state index in [0.29, 0.717) is 4.90 Å². The van der Waals surface area contributed by atoms with Crippen molar-refractivity contribution in [2.45, 2.75) is 50.0 Å². The zero-order valence-electron chi connectivity index (χ0n) is 11.5. The van der Waals surface area contributed by atoms with Crippen LogP contribution in [0, 0.1) is 0 Å². The van der Waals surface area contributed by atoms with Gasteiger partial charge in [-0.15, -0.1) is 0 Å². The molecule has 4 nitrogen and oxygen atoms in total. The van der Waals surface area contributed by atoms with Crippen molar-refractivity contribution in [1.82, 2.24) is 4.72 Å². The maximum Gasteiger partial charge on any atom is 0.240 e. The molecular formula is C14H21NO3S. The zero-order chi connectivity index (χ0) is 13.9. The van der Waals surface area contributed by atoms with Gasteiger partial charge in [0.25, 0.3) is 0 Å². The summed E-state index contributed by atoms with van der Waals surface area (Å²) >= 11 is 0. The highest BCUT2D eigenvalue weighted by molar-refractivity contribution is 7.89. The average molecular weight is 283 g/mol. The summed E-state index contributed by atoms with van der Waals surface area (Å²) in [5.41, 5.74) is 0.914. The first-order chi connectivity index (χ1) is 9.06. The monoisotopic (exact) mass is 283 g/mol. The summed E-state index contributed by atoms with van der Waals surface area (Å²) in [7, 11) is -1.81. The van der Waals surface area contributed by atoms with Gasteiger partial charge < -0.3 is 4.74 Å². The molecule has 0 aliphatic heterocycles. The van der Waals surface area contributed by atoms with Gasteiger partial charge in [-0.05, 0) is 43.0 Å². The summed E-state index contributed by atoms with van der Waals surface area (Å²) in [5, 5.41) is 0. The van der Waals surface area contributed by atoms with Crippen LogP contribution in [0.3, 0.4) is 0 Å². The van der Waals surface area contributed by atoms with Crippen LogP contribution in [0.1, 0.15) is 38.2 Å². The quantitative estimate of drug-likeness (QED) is 0.903. The third-order valence-corrected chi connectivity index (χ3v) is 5.14. The number of aryl methyl sites for hydroxylation is 1. The van der Waals surface area contributed by atoms with E-state index in [9.17, 15) is 8.42 Å². The fraction of sp³-hybridized carbons (Fsp3) is 0.571. The Balaban J connectivity index is 2.24. The Morgan fingerprint density at radius 1 is 1.32 bits per heavy atom. The van der Waals surface area contributed by atoms with Gasteiger partial charge in [0.05, 0.1) is 12.0 Å². The van der Waals surface area contributed by atoms with Gasteiger partial charge in [-0.1, -0.05) is 19.8 Å². The number of nitrogens with one attached hydrogen (secondary N) is 1. The molecule has 0 amide bonds. The van der Waals surface area contributed by atoms with Gasteiger partial charge >= 0.3 is 0 Å². The van der Waals surface area contributed by atoms with Crippen molar-refractivity contribution in [3.8, 4) is 5.75 Å². The molecule has 106 valence electrons. The minimum atomic E-state index is -3.41. The van der Waals surface area contributed by atoms with Crippen molar-refractivity contribution >= 4 is 10.0 Å². The maximum atomic E-state index is 12.3. The van der Waals surface area contributed by atoms with Gasteiger partial charge in [-0.3, -0.25) is 0 Å². The second-order valence-electron chi connectivity index (χ2n) is 4.93. The molecule has 5 heteroatoms. The lowest BCUT2D eigenvalue weighted by molar-refractivity contribution is 0.409. The van der Waals surface area contributed by atoms with E-state index in [1.165, 1.54) is 0 Å². The minimum absolute atomic E-state index is 0.0946. The molecule has 1 N–H and O–H groups in total. The van der Waals surface area contributed by atoms with Gasteiger partial charge in [-0.25, -0.2) is 13.1 Å². The summed E-state index contributed by atoms with van der Waals surface area (Å²) in [4.78, 5) is 0.331. The third kappa shape index (κ3) is 3.28. The predicted octanol–water partition coefficient (Wildman–Crippen LogP) is 2.48. The predicted molar refractivity (Wildman–Crippen MR) is 74.9 cm³/mol. The molecule has 1 aromatic carbocycles. The fourth-order valence-corrected chi connectivity index (χ4v) is 3.88. The number of hydrogen-bond acceptors (Lipinski definition) is 3. The van der Waals surface area contributed by atoms with E-state index in [1.807, 2.05) is 6.92 Å². The van der Waals surface area contributed by atoms with Gasteiger partial charge in [0.2, 0.25) is 10.0 Å². The molecule has 0 aromatic heterocycles. The molecule has 1 aliphatic rings. The van der Waals surface area contributed by atoms with Gasteiger partial charge in [0.1, 0.15) is 5.75 Å². The normalized spacial score (nSPS) is 16.7. The number of ether oxygens (including phenoxy) is 1. The van der Waals surface area contributed by atoms with Crippen molar-refractivity contribution in [3.63, 3.8) is 0 Å². The Morgan fingerprint density at radius 2 is 2.00 bits per heavy atom. The van der Waals surface area contributed by atoms with Crippen LogP contribution in [-0.2, 0) is 16.4 Å². The second kappa shape index (κ2) is 5.92. The van der Waals surface area contributed by atoms with Crippen molar-refractivity contribution < 1.29 is 13.2 Å². The molecule has 1 aromatic rings. The van der Waals surface area contributed by atoms with E-state index in [0.717, 1.165) is 43.4 Å². The summed E-state index contributed by atoms with van der Waals surface area (Å²) in [6.07, 6.45) is 4.84. The molecule has 0 radical (unpaired) electrons. The van der Waals surface area contributed by atoms with Crippen LogP contribution >= 0.6 is 0 Å². The Hall–Kier alpha value is -1.07. The third-order valence-electron chi connectivity index (χ3n) is 3.62. The van der Waals surface area contributed by atoms with Crippen molar-refractivity contribution in [1.29, 1.82) is 0 Å². The number of methoxy groups -OCH3 is 1. The fourth-order valence-electron chi connectivity index (χ4n) is 2.53. The first-order valence-electron chi connectivity index (χ1n) is 6.76. The van der Waals surface area contributed by atoms with Gasteiger partial charge in [0, 0.05) is 6.04 Å². The van der Waals surface area contributed by atoms with Crippen molar-refractivity contribution in [2.75, 3.05) is 7.11 Å². The molecule has 19 heavy (non-hydrogen) atoms. The van der Waals surface area contributed by atoms with Gasteiger partial charge in [-0.2, -0.15) is 0 Å². The Labute approximate surface area is 115 Å². The topological polar surface area (TPSA) is 55.4 Å². The lowest BCUT2D eigenvalue weighted by atomic mass is 10.1. The van der Waals surface area contributed by atoms with E-state index in [4.69, 9.17) is 4.74 Å². The number of rotatable bonds is 5. The lowest BCUT2D eigenvalue weighted by Crippen LogP contribution is -2.32. The summed E-state index contributed by atoms with van der Waals surface area (Å²) in [6.45, 7) is 1.98. The standard InChI is InChI=1S/C14H21NO3S/c1-3-11-10-13(8-9-14(11)18-2)19(16,17)15-12-6-4-5-7-12/h8-10,12,15H,3-7H2,1-2H3. The smallest absolute Gasteiger partial charge is 0.240 e. The first-order valence-corrected chi connectivity index (χ1v) is 8.24. The Kier molecular flexibility index (Phi) is 4.47. The highest BCUT2D eigenvalue weighted by Gasteiger charge is 2.23. The van der Waals surface area contributed by atoms with E-state index in [2.05, 4.69) is 4.72 Å². The van der Waals surface area contributed by atoms with Crippen molar-refractivity contribution in [3.05, 3.63) is 23.8 Å². The molecule has 0 atom stereocenters. The van der Waals surface area contributed by atoms with Crippen LogP contribution in [0.2, 0.25) is 0 Å². The van der Waals surface area contributed by atoms with Gasteiger partial charge in [0.15, 0.2) is 0 Å². The van der Waals surface area contributed by atoms with Crippen LogP contribution in [-0.4, -0.2) is 21.6 Å². The molecule has 0 unspecified atom stereocenters. The average Bonchev–Trinajstić information content (AvgIpc) is 2.89. The van der Waals surface area contributed by atoms with E-state index >= 15 is 0 Å². The van der Waals surface area contributed by atoms with Crippen LogP contribution in [0.25, 0.3) is 0 Å². The largest absolute Gasteiger partial charge is 0.496 e. The molecule has 0 saturated heterocycles. The van der Waals surface area contributed by atoms with E-state index in [-0.39, 0.29) is 6.04 Å². The van der Waals surface area contributed by atoms with E-state index in [1.54, 1.807) is 25.3 Å². The molecular weight excluding hydrogens is 262 g/mol. The first kappa shape index (κ1) is 14.3. The van der Waals surface area contributed by atoms with E-state index < -0.39 is 10.0 Å². The Morgan fingerprint density at radius 3 is 2.58 bits per heavy atom. The van der Waals surface area contributed by atoms with Crippen LogP contribution in [0.15, 0.2) is 23.1 Å². The summed E-state index contributed by atoms with van der Waals surface area (Å²) in [5.74, 6) is 0.738. The number of hydrogen-bond donors (Lipinski definition) is 1. The second-order valence-corrected chi connectivity index (χ2v) is 6.64. The lowest BCUT2D eigenvalue weighted by Gasteiger charge is -2.14. The van der Waals surface area contributed by atoms with Crippen LogP contribution in [0.4, 0.5) is 0 Å². The molecule has 0 bridgehead atoms. The van der Waals surface area contributed by atoms with Crippen LogP contribution in [0.5, 0.6) is 5.75 Å². The molecule has 0 spiro atoms.